The smallest absolute Gasteiger partial charge is 0.328 e. The van der Waals surface area contributed by atoms with Crippen LogP contribution in [-0.4, -0.2) is 60.5 Å². The first-order valence-electron chi connectivity index (χ1n) is 11.8. The number of aliphatic carboxylic acids is 1. The topological polar surface area (TPSA) is 170 Å². The van der Waals surface area contributed by atoms with Crippen LogP contribution in [0.1, 0.15) is 56.9 Å². The van der Waals surface area contributed by atoms with Crippen molar-refractivity contribution in [1.82, 2.24) is 10.4 Å². The van der Waals surface area contributed by atoms with Crippen LogP contribution in [0.2, 0.25) is 0 Å². The number of hydrogen-bond acceptors (Lipinski definition) is 7. The summed E-state index contributed by atoms with van der Waals surface area (Å²) in [6.07, 6.45) is 4.64. The van der Waals surface area contributed by atoms with E-state index in [2.05, 4.69) is 10.4 Å². The highest BCUT2D eigenvalue weighted by molar-refractivity contribution is 6.00. The summed E-state index contributed by atoms with van der Waals surface area (Å²) in [5.41, 5.74) is 14.3. The molecule has 2 rings (SSSR count). The number of nitrogens with one attached hydrogen (secondary N) is 1. The minimum Gasteiger partial charge on any atom is -0.497 e. The Morgan fingerprint density at radius 1 is 1.11 bits per heavy atom. The van der Waals surface area contributed by atoms with Gasteiger partial charge >= 0.3 is 5.97 Å². The van der Waals surface area contributed by atoms with Crippen molar-refractivity contribution in [3.8, 4) is 11.5 Å². The quantitative estimate of drug-likeness (QED) is 0.0992. The predicted molar refractivity (Wildman–Crippen MR) is 131 cm³/mol. The van der Waals surface area contributed by atoms with Gasteiger partial charge in [0.15, 0.2) is 5.96 Å². The van der Waals surface area contributed by atoms with Crippen LogP contribution in [0.5, 0.6) is 11.5 Å². The number of carbonyl (C=O) groups excluding carboxylic acids is 2. The number of nitrogens with two attached hydrogens (primary N) is 2. The van der Waals surface area contributed by atoms with Gasteiger partial charge in [0.1, 0.15) is 23.3 Å². The highest BCUT2D eigenvalue weighted by Gasteiger charge is 2.32. The molecule has 1 aliphatic carbocycles. The number of hydrazine groups is 1. The van der Waals surface area contributed by atoms with Gasteiger partial charge in [-0.25, -0.2) is 10.2 Å². The standard InChI is InChI=1S/C24H37N5O6/c1-34-18-11-16(12-19(13-18)35-2)15-28-29(20(23(32)33)9-6-10-27-24(25)26)22(31)14-21(30)17-7-4-3-5-8-17/h11-13,17,20,28H,3-10,14-15H2,1-2H3,(H,32,33)(H4,25,26,27)/t20-/m0/s1. The average Bonchev–Trinajstić information content (AvgIpc) is 2.85. The lowest BCUT2D eigenvalue weighted by Gasteiger charge is -2.30. The zero-order valence-electron chi connectivity index (χ0n) is 20.5. The minimum atomic E-state index is -1.21. The maximum Gasteiger partial charge on any atom is 0.328 e. The van der Waals surface area contributed by atoms with Crippen molar-refractivity contribution in [1.29, 1.82) is 0 Å². The fourth-order valence-corrected chi connectivity index (χ4v) is 4.18. The van der Waals surface area contributed by atoms with E-state index in [0.29, 0.717) is 23.5 Å². The number of rotatable bonds is 14. The Morgan fingerprint density at radius 2 is 1.74 bits per heavy atom. The highest BCUT2D eigenvalue weighted by Crippen LogP contribution is 2.26. The van der Waals surface area contributed by atoms with Crippen LogP contribution in [0.4, 0.5) is 0 Å². The van der Waals surface area contributed by atoms with E-state index in [1.54, 1.807) is 18.2 Å². The second kappa shape index (κ2) is 14.1. The molecule has 0 heterocycles. The molecule has 1 amide bonds. The molecule has 11 heteroatoms. The van der Waals surface area contributed by atoms with Gasteiger partial charge in [-0.05, 0) is 43.4 Å². The molecule has 1 saturated carbocycles. The molecule has 0 bridgehead atoms. The van der Waals surface area contributed by atoms with E-state index < -0.39 is 17.9 Å². The number of carbonyl (C=O) groups is 3. The van der Waals surface area contributed by atoms with E-state index in [9.17, 15) is 19.5 Å². The monoisotopic (exact) mass is 491 g/mol. The molecule has 11 nitrogen and oxygen atoms in total. The Morgan fingerprint density at radius 3 is 2.29 bits per heavy atom. The molecule has 1 fully saturated rings. The minimum absolute atomic E-state index is 0.0898. The van der Waals surface area contributed by atoms with Gasteiger partial charge in [-0.15, -0.1) is 0 Å². The molecule has 1 atom stereocenters. The Balaban J connectivity index is 2.20. The van der Waals surface area contributed by atoms with Gasteiger partial charge in [0.05, 0.1) is 20.6 Å². The van der Waals surface area contributed by atoms with E-state index in [1.807, 2.05) is 0 Å². The van der Waals surface area contributed by atoms with Gasteiger partial charge < -0.3 is 26.0 Å². The van der Waals surface area contributed by atoms with E-state index in [0.717, 1.165) is 37.1 Å². The van der Waals surface area contributed by atoms with E-state index in [-0.39, 0.29) is 43.6 Å². The summed E-state index contributed by atoms with van der Waals surface area (Å²) in [5.74, 6) is -1.05. The second-order valence-electron chi connectivity index (χ2n) is 8.60. The number of ether oxygens (including phenoxy) is 2. The number of carboxylic acids is 1. The highest BCUT2D eigenvalue weighted by atomic mass is 16.5. The summed E-state index contributed by atoms with van der Waals surface area (Å²) in [6, 6.07) is 4.00. The molecule has 0 aromatic heterocycles. The van der Waals surface area contributed by atoms with E-state index in [4.69, 9.17) is 20.9 Å². The summed E-state index contributed by atoms with van der Waals surface area (Å²) in [5, 5.41) is 11.0. The summed E-state index contributed by atoms with van der Waals surface area (Å²) < 4.78 is 10.6. The fraction of sp³-hybridized carbons (Fsp3) is 0.583. The van der Waals surface area contributed by atoms with Crippen LogP contribution in [0.25, 0.3) is 0 Å². The first-order valence-corrected chi connectivity index (χ1v) is 11.8. The third-order valence-corrected chi connectivity index (χ3v) is 6.05. The SMILES string of the molecule is COc1cc(CNN(C(=O)CC(=O)C2CCCCC2)[C@@H](CCCN=C(N)N)C(=O)O)cc(OC)c1. The number of ketones is 1. The first kappa shape index (κ1) is 27.9. The van der Waals surface area contributed by atoms with Gasteiger partial charge in [-0.1, -0.05) is 19.3 Å². The van der Waals surface area contributed by atoms with E-state index in [1.165, 1.54) is 14.2 Å². The third kappa shape index (κ3) is 9.08. The lowest BCUT2D eigenvalue weighted by molar-refractivity contribution is -0.155. The Labute approximate surface area is 205 Å². The Hall–Kier alpha value is -3.34. The molecule has 194 valence electrons. The summed E-state index contributed by atoms with van der Waals surface area (Å²) in [7, 11) is 3.05. The largest absolute Gasteiger partial charge is 0.497 e. The van der Waals surface area contributed by atoms with Crippen molar-refractivity contribution in [2.75, 3.05) is 20.8 Å². The fourth-order valence-electron chi connectivity index (χ4n) is 4.18. The maximum atomic E-state index is 13.2. The van der Waals surface area contributed by atoms with Gasteiger partial charge in [-0.2, -0.15) is 0 Å². The summed E-state index contributed by atoms with van der Waals surface area (Å²) in [4.78, 5) is 42.0. The molecular weight excluding hydrogens is 454 g/mol. The molecule has 0 radical (unpaired) electrons. The predicted octanol–water partition coefficient (Wildman–Crippen LogP) is 1.58. The van der Waals surface area contributed by atoms with Gasteiger partial charge in [-0.3, -0.25) is 19.6 Å². The van der Waals surface area contributed by atoms with Crippen molar-refractivity contribution in [2.45, 2.75) is 64.0 Å². The number of Topliss-reactive ketones (excluding diaryl/α,β-unsaturated/α-hetero) is 1. The van der Waals surface area contributed by atoms with Gasteiger partial charge in [0, 0.05) is 25.1 Å². The second-order valence-corrected chi connectivity index (χ2v) is 8.60. The molecule has 35 heavy (non-hydrogen) atoms. The maximum absolute atomic E-state index is 13.2. The molecule has 1 aliphatic rings. The summed E-state index contributed by atoms with van der Waals surface area (Å²) in [6.45, 7) is 0.344. The number of hydrogen-bond donors (Lipinski definition) is 4. The number of guanidine groups is 1. The lowest BCUT2D eigenvalue weighted by atomic mass is 9.85. The number of methoxy groups -OCH3 is 2. The molecular formula is C24H37N5O6. The first-order chi connectivity index (χ1) is 16.7. The van der Waals surface area contributed by atoms with E-state index >= 15 is 0 Å². The zero-order chi connectivity index (χ0) is 25.8. The normalized spacial score (nSPS) is 14.6. The number of carboxylic acid groups (broad SMARTS) is 1. The third-order valence-electron chi connectivity index (χ3n) is 6.05. The van der Waals surface area contributed by atoms with Crippen LogP contribution >= 0.6 is 0 Å². The van der Waals surface area contributed by atoms with Crippen LogP contribution in [0.15, 0.2) is 23.2 Å². The molecule has 0 spiro atoms. The molecule has 1 aromatic rings. The lowest BCUT2D eigenvalue weighted by Crippen LogP contribution is -2.53. The molecule has 0 saturated heterocycles. The average molecular weight is 492 g/mol. The molecule has 0 unspecified atom stereocenters. The molecule has 6 N–H and O–H groups in total. The summed E-state index contributed by atoms with van der Waals surface area (Å²) >= 11 is 0. The number of nitrogens with zero attached hydrogens (tertiary/aromatic N) is 2. The molecule has 1 aromatic carbocycles. The number of aliphatic imine (C=N–C) groups is 1. The Kier molecular flexibility index (Phi) is 11.3. The van der Waals surface area contributed by atoms with Crippen LogP contribution < -0.4 is 26.4 Å². The van der Waals surface area contributed by atoms with Crippen molar-refractivity contribution in [3.05, 3.63) is 23.8 Å². The van der Waals surface area contributed by atoms with Crippen molar-refractivity contribution < 1.29 is 29.0 Å². The number of amides is 1. The molecule has 0 aliphatic heterocycles. The van der Waals surface area contributed by atoms with Crippen LogP contribution in [-0.2, 0) is 20.9 Å². The van der Waals surface area contributed by atoms with Crippen molar-refractivity contribution in [3.63, 3.8) is 0 Å². The number of benzene rings is 1. The van der Waals surface area contributed by atoms with Crippen LogP contribution in [0, 0.1) is 5.92 Å². The van der Waals surface area contributed by atoms with Gasteiger partial charge in [0.25, 0.3) is 0 Å². The van der Waals surface area contributed by atoms with Crippen LogP contribution in [0.3, 0.4) is 0 Å². The van der Waals surface area contributed by atoms with Gasteiger partial charge in [0.2, 0.25) is 5.91 Å². The zero-order valence-corrected chi connectivity index (χ0v) is 20.5. The van der Waals surface area contributed by atoms with Crippen molar-refractivity contribution in [2.24, 2.45) is 22.4 Å². The van der Waals surface area contributed by atoms with Crippen molar-refractivity contribution >= 4 is 23.6 Å². The Bertz CT molecular complexity index is 874.